The molecule has 0 radical (unpaired) electrons. The predicted octanol–water partition coefficient (Wildman–Crippen LogP) is 5.52. The average Bonchev–Trinajstić information content (AvgIpc) is 3.20. The second-order valence-electron chi connectivity index (χ2n) is 11.0. The molecule has 5 rings (SSSR count). The smallest absolute Gasteiger partial charge is 0.307 e. The summed E-state index contributed by atoms with van der Waals surface area (Å²) in [6, 6.07) is 8.20. The van der Waals surface area contributed by atoms with E-state index in [1.54, 1.807) is 13.2 Å². The molecule has 7 atom stereocenters. The molecule has 1 aromatic rings. The van der Waals surface area contributed by atoms with Crippen molar-refractivity contribution in [3.8, 4) is 5.75 Å². The molecule has 34 heavy (non-hydrogen) atoms. The second kappa shape index (κ2) is 9.44. The Morgan fingerprint density at radius 1 is 1.12 bits per heavy atom. The molecule has 1 aromatic carbocycles. The Kier molecular flexibility index (Phi) is 6.92. The van der Waals surface area contributed by atoms with E-state index < -0.39 is 5.97 Å². The molecule has 0 spiro atoms. The number of carboxylic acid groups (broad SMARTS) is 1. The number of methoxy groups -OCH3 is 1. The van der Waals surface area contributed by atoms with E-state index in [0.717, 1.165) is 49.8 Å². The monoisotopic (exact) mass is 483 g/mol. The number of thiocarbonyl (C=S) groups is 1. The zero-order valence-electron chi connectivity index (χ0n) is 20.5. The van der Waals surface area contributed by atoms with Crippen molar-refractivity contribution in [1.82, 2.24) is 4.90 Å². The van der Waals surface area contributed by atoms with Crippen LogP contribution in [0.1, 0.15) is 57.9 Å². The minimum atomic E-state index is -0.609. The molecule has 3 fully saturated rings. The van der Waals surface area contributed by atoms with Crippen molar-refractivity contribution in [1.29, 1.82) is 0 Å². The van der Waals surface area contributed by atoms with Gasteiger partial charge in [-0.2, -0.15) is 0 Å². The van der Waals surface area contributed by atoms with Crippen LogP contribution < -0.4 is 4.74 Å². The van der Waals surface area contributed by atoms with Gasteiger partial charge in [0, 0.05) is 18.0 Å². The van der Waals surface area contributed by atoms with Crippen molar-refractivity contribution in [3.63, 3.8) is 0 Å². The summed E-state index contributed by atoms with van der Waals surface area (Å²) in [6.07, 6.45) is 9.98. The van der Waals surface area contributed by atoms with Crippen LogP contribution in [0.25, 0.3) is 0 Å². The lowest BCUT2D eigenvalue weighted by atomic mass is 9.47. The van der Waals surface area contributed by atoms with E-state index in [0.29, 0.717) is 24.3 Å². The quantitative estimate of drug-likeness (QED) is 0.571. The Morgan fingerprint density at radius 3 is 2.47 bits per heavy atom. The summed E-state index contributed by atoms with van der Waals surface area (Å²) in [6.45, 7) is 5.21. The maximum absolute atomic E-state index is 13.0. The largest absolute Gasteiger partial charge is 0.497 e. The van der Waals surface area contributed by atoms with Crippen LogP contribution in [0, 0.1) is 34.5 Å². The summed E-state index contributed by atoms with van der Waals surface area (Å²) in [4.78, 5) is 27.0. The number of benzene rings is 1. The molecular formula is C28H37NO4S. The van der Waals surface area contributed by atoms with Gasteiger partial charge >= 0.3 is 5.97 Å². The van der Waals surface area contributed by atoms with E-state index in [2.05, 4.69) is 42.9 Å². The van der Waals surface area contributed by atoms with Crippen LogP contribution in [0.3, 0.4) is 0 Å². The molecule has 1 N–H and O–H groups in total. The van der Waals surface area contributed by atoms with Gasteiger partial charge in [0.05, 0.1) is 13.0 Å². The summed E-state index contributed by atoms with van der Waals surface area (Å²) in [5.41, 5.74) is 0.995. The fraction of sp³-hybridized carbons (Fsp3) is 0.607. The fourth-order valence-electron chi connectivity index (χ4n) is 8.12. The van der Waals surface area contributed by atoms with E-state index >= 15 is 0 Å². The summed E-state index contributed by atoms with van der Waals surface area (Å²) in [7, 11) is 1.66. The van der Waals surface area contributed by atoms with Gasteiger partial charge in [0.2, 0.25) is 5.91 Å². The van der Waals surface area contributed by atoms with E-state index in [1.807, 2.05) is 24.3 Å². The van der Waals surface area contributed by atoms with Gasteiger partial charge in [-0.3, -0.25) is 9.59 Å². The van der Waals surface area contributed by atoms with Crippen molar-refractivity contribution >= 4 is 30.0 Å². The highest BCUT2D eigenvalue weighted by Crippen LogP contribution is 2.65. The highest BCUT2D eigenvalue weighted by atomic mass is 32.1. The van der Waals surface area contributed by atoms with Crippen LogP contribution in [-0.2, 0) is 16.1 Å². The SMILES string of the molecule is C=S.COc1ccc(CN2C(=O)C=CC3(C)C4CCC5(C)C(C(=O)O)CCC5C4CCC23)cc1. The number of fused-ring (bicyclic) bond motifs is 5. The number of rotatable bonds is 4. The van der Waals surface area contributed by atoms with Gasteiger partial charge in [0.15, 0.2) is 0 Å². The summed E-state index contributed by atoms with van der Waals surface area (Å²) in [5.74, 6) is 4.51. The molecule has 184 valence electrons. The molecule has 3 saturated carbocycles. The van der Waals surface area contributed by atoms with Gasteiger partial charge in [0.1, 0.15) is 5.75 Å². The summed E-state index contributed by atoms with van der Waals surface area (Å²) >= 11 is 3.83. The van der Waals surface area contributed by atoms with Gasteiger partial charge in [0.25, 0.3) is 0 Å². The molecule has 6 heteroatoms. The lowest BCUT2D eigenvalue weighted by Gasteiger charge is -2.60. The zero-order valence-corrected chi connectivity index (χ0v) is 21.4. The molecule has 1 aliphatic heterocycles. The number of nitrogens with zero attached hydrogens (tertiary/aromatic N) is 1. The number of aliphatic carboxylic acids is 1. The zero-order chi connectivity index (χ0) is 24.7. The molecule has 0 aromatic heterocycles. The van der Waals surface area contributed by atoms with Crippen molar-refractivity contribution in [3.05, 3.63) is 42.0 Å². The first-order valence-electron chi connectivity index (χ1n) is 12.4. The Hall–Kier alpha value is -2.21. The number of amides is 1. The molecule has 4 aliphatic rings. The maximum atomic E-state index is 13.0. The summed E-state index contributed by atoms with van der Waals surface area (Å²) in [5, 5.41) is 9.83. The van der Waals surface area contributed by atoms with Crippen molar-refractivity contribution in [2.45, 2.75) is 65.0 Å². The Bertz CT molecular complexity index is 962. The third-order valence-electron chi connectivity index (χ3n) is 9.78. The Labute approximate surface area is 208 Å². The third-order valence-corrected chi connectivity index (χ3v) is 9.78. The molecule has 1 amide bonds. The number of hydrogen-bond acceptors (Lipinski definition) is 4. The van der Waals surface area contributed by atoms with E-state index in [9.17, 15) is 14.7 Å². The first-order valence-corrected chi connectivity index (χ1v) is 13.0. The molecule has 1 heterocycles. The first-order chi connectivity index (χ1) is 16.3. The van der Waals surface area contributed by atoms with Crippen LogP contribution in [0.4, 0.5) is 0 Å². The van der Waals surface area contributed by atoms with Crippen molar-refractivity contribution in [2.75, 3.05) is 7.11 Å². The van der Waals surface area contributed by atoms with E-state index in [1.165, 1.54) is 0 Å². The lowest BCUT2D eigenvalue weighted by molar-refractivity contribution is -0.153. The summed E-state index contributed by atoms with van der Waals surface area (Å²) < 4.78 is 5.28. The van der Waals surface area contributed by atoms with Crippen molar-refractivity contribution < 1.29 is 19.4 Å². The van der Waals surface area contributed by atoms with Gasteiger partial charge in [-0.1, -0.05) is 44.3 Å². The van der Waals surface area contributed by atoms with Crippen molar-refractivity contribution in [2.24, 2.45) is 34.5 Å². The van der Waals surface area contributed by atoms with Gasteiger partial charge in [-0.25, -0.2) is 0 Å². The first kappa shape index (κ1) is 24.9. The normalized spacial score (nSPS) is 38.1. The average molecular weight is 484 g/mol. The number of carbonyl (C=O) groups excluding carboxylic acids is 1. The third kappa shape index (κ3) is 3.88. The van der Waals surface area contributed by atoms with E-state index in [4.69, 9.17) is 4.74 Å². The second-order valence-corrected chi connectivity index (χ2v) is 11.0. The van der Waals surface area contributed by atoms with Gasteiger partial charge < -0.3 is 14.7 Å². The standard InChI is InChI=1S/C27H35NO4.CH2S/c1-26-14-12-21-19(20(26)9-10-22(26)25(30)31)8-11-23-27(21,2)15-13-24(29)28(23)16-17-4-6-18(32-3)7-5-17;1-2/h4-7,13,15,19-23H,8-12,14,16H2,1-3H3,(H,30,31);1H2. The highest BCUT2D eigenvalue weighted by Gasteiger charge is 2.61. The van der Waals surface area contributed by atoms with Crippen LogP contribution in [0.15, 0.2) is 36.4 Å². The highest BCUT2D eigenvalue weighted by molar-refractivity contribution is 7.77. The Morgan fingerprint density at radius 2 is 1.82 bits per heavy atom. The van der Waals surface area contributed by atoms with Crippen LogP contribution in [-0.4, -0.2) is 40.9 Å². The number of ether oxygens (including phenoxy) is 1. The fourth-order valence-corrected chi connectivity index (χ4v) is 8.12. The topological polar surface area (TPSA) is 66.8 Å². The Balaban J connectivity index is 0.00000133. The maximum Gasteiger partial charge on any atom is 0.307 e. The van der Waals surface area contributed by atoms with E-state index in [-0.39, 0.29) is 28.7 Å². The lowest BCUT2D eigenvalue weighted by Crippen LogP contribution is -2.60. The molecule has 3 aliphatic carbocycles. The molecule has 7 unspecified atom stereocenters. The number of carboxylic acids is 1. The van der Waals surface area contributed by atoms with Gasteiger partial charge in [-0.05, 0) is 91.3 Å². The van der Waals surface area contributed by atoms with Crippen LogP contribution in [0.5, 0.6) is 5.75 Å². The number of hydrogen-bond donors (Lipinski definition) is 1. The predicted molar refractivity (Wildman–Crippen MR) is 137 cm³/mol. The minimum Gasteiger partial charge on any atom is -0.497 e. The number of carbonyl (C=O) groups is 2. The van der Waals surface area contributed by atoms with Gasteiger partial charge in [-0.15, -0.1) is 0 Å². The minimum absolute atomic E-state index is 0.0497. The molecule has 0 bridgehead atoms. The molecular weight excluding hydrogens is 446 g/mol. The van der Waals surface area contributed by atoms with Crippen LogP contribution in [0.2, 0.25) is 0 Å². The molecule has 0 saturated heterocycles. The van der Waals surface area contributed by atoms with Crippen LogP contribution >= 0.6 is 12.2 Å². The molecule has 5 nitrogen and oxygen atoms in total.